The Balaban J connectivity index is -0.000000180. The molecular weight excluding hydrogens is 232 g/mol. The third-order valence-electron chi connectivity index (χ3n) is 0.873. The summed E-state index contributed by atoms with van der Waals surface area (Å²) in [6.07, 6.45) is -1.81. The van der Waals surface area contributed by atoms with Gasteiger partial charge < -0.3 is 27.0 Å². The molecule has 0 spiro atoms. The minimum atomic E-state index is -1.09. The van der Waals surface area contributed by atoms with Crippen LogP contribution in [-0.2, 0) is 4.74 Å². The first kappa shape index (κ1) is 20.2. The number of ether oxygens (including phenoxy) is 1. The van der Waals surface area contributed by atoms with E-state index in [1.54, 1.807) is 13.8 Å². The number of guanidine groups is 1. The first-order chi connectivity index (χ1) is 7.68. The Bertz CT molecular complexity index is 230. The fraction of sp³-hybridized carbons (Fsp3) is 0.571. The summed E-state index contributed by atoms with van der Waals surface area (Å²) in [6.45, 7) is 4.05. The van der Waals surface area contributed by atoms with Crippen molar-refractivity contribution in [2.24, 2.45) is 23.0 Å². The molecule has 0 atom stereocenters. The number of hydrogen-bond acceptors (Lipinski definition) is 5. The number of hydrazine groups is 1. The molecule has 0 aromatic heterocycles. The molecule has 0 aliphatic rings. The van der Waals surface area contributed by atoms with Crippen LogP contribution in [0.5, 0.6) is 0 Å². The second-order valence-corrected chi connectivity index (χ2v) is 2.28. The van der Waals surface area contributed by atoms with E-state index in [2.05, 4.69) is 21.9 Å². The van der Waals surface area contributed by atoms with Gasteiger partial charge in [0.05, 0.1) is 6.61 Å². The van der Waals surface area contributed by atoms with Gasteiger partial charge in [0, 0.05) is 6.54 Å². The summed E-state index contributed by atoms with van der Waals surface area (Å²) < 4.78 is 4.18. The highest BCUT2D eigenvalue weighted by Crippen LogP contribution is 1.73. The topological polar surface area (TPSA) is 195 Å². The van der Waals surface area contributed by atoms with Crippen LogP contribution in [0, 0.1) is 5.41 Å². The average Bonchev–Trinajstić information content (AvgIpc) is 2.16. The molecule has 0 aliphatic carbocycles. The van der Waals surface area contributed by atoms with Crippen LogP contribution < -0.4 is 23.0 Å². The number of carbonyl (C=O) groups is 2. The molecule has 17 heavy (non-hydrogen) atoms. The zero-order chi connectivity index (χ0) is 14.4. The fourth-order valence-electron chi connectivity index (χ4n) is 0.278. The van der Waals surface area contributed by atoms with Crippen molar-refractivity contribution in [2.45, 2.75) is 13.8 Å². The van der Waals surface area contributed by atoms with E-state index in [0.29, 0.717) is 18.2 Å². The van der Waals surface area contributed by atoms with Gasteiger partial charge in [0.2, 0.25) is 0 Å². The number of nitrogens with zero attached hydrogens (tertiary/aromatic N) is 1. The molecule has 0 bridgehead atoms. The van der Waals surface area contributed by atoms with Crippen molar-refractivity contribution in [1.82, 2.24) is 5.01 Å². The number of rotatable bonds is 2. The van der Waals surface area contributed by atoms with Gasteiger partial charge in [0.1, 0.15) is 0 Å². The standard InChI is InChI=1S/C3H8N2O2.C3H7NO2.CH5N3/c1-2-5(4)3(6)7;1-2-6-3(4)5;2-1(3)4/h2,4H2,1H3,(H,6,7);2H2,1H3,(H2,4,5);(H5,2,3,4). The first-order valence-corrected chi connectivity index (χ1v) is 4.45. The van der Waals surface area contributed by atoms with Crippen LogP contribution in [0.2, 0.25) is 0 Å². The molecule has 0 saturated heterocycles. The van der Waals surface area contributed by atoms with Crippen LogP contribution in [0.4, 0.5) is 9.59 Å². The molecule has 102 valence electrons. The lowest BCUT2D eigenvalue weighted by atomic mass is 10.7. The number of nitrogens with one attached hydrogen (secondary N) is 1. The third-order valence-corrected chi connectivity index (χ3v) is 0.873. The van der Waals surface area contributed by atoms with Gasteiger partial charge in [0.15, 0.2) is 5.96 Å². The van der Waals surface area contributed by atoms with Crippen molar-refractivity contribution in [3.63, 3.8) is 0 Å². The molecule has 0 heterocycles. The van der Waals surface area contributed by atoms with Crippen molar-refractivity contribution < 1.29 is 19.4 Å². The van der Waals surface area contributed by atoms with E-state index in [9.17, 15) is 9.59 Å². The molecule has 10 N–H and O–H groups in total. The Labute approximate surface area is 98.9 Å². The Morgan fingerprint density at radius 2 is 1.65 bits per heavy atom. The monoisotopic (exact) mass is 252 g/mol. The maximum atomic E-state index is 9.73. The molecule has 0 radical (unpaired) electrons. The van der Waals surface area contributed by atoms with E-state index < -0.39 is 12.2 Å². The number of carboxylic acid groups (broad SMARTS) is 1. The van der Waals surface area contributed by atoms with Gasteiger partial charge in [-0.1, -0.05) is 0 Å². The quantitative estimate of drug-likeness (QED) is 0.117. The molecule has 10 nitrogen and oxygen atoms in total. The molecule has 2 amide bonds. The number of hydrogen-bond donors (Lipinski definition) is 6. The maximum Gasteiger partial charge on any atom is 0.421 e. The SMILES string of the molecule is CCN(N)C(=O)O.CCOC(N)=O.N=C(N)N. The van der Waals surface area contributed by atoms with Crippen molar-refractivity contribution in [2.75, 3.05) is 13.2 Å². The Morgan fingerprint density at radius 3 is 1.65 bits per heavy atom. The van der Waals surface area contributed by atoms with Gasteiger partial charge in [-0.25, -0.2) is 20.4 Å². The number of primary amides is 1. The van der Waals surface area contributed by atoms with Gasteiger partial charge in [-0.3, -0.25) is 5.41 Å². The number of amides is 2. The van der Waals surface area contributed by atoms with Crippen LogP contribution in [0.3, 0.4) is 0 Å². The van der Waals surface area contributed by atoms with Crippen LogP contribution in [0.15, 0.2) is 0 Å². The molecule has 0 saturated carbocycles. The summed E-state index contributed by atoms with van der Waals surface area (Å²) in [6, 6.07) is 0. The van der Waals surface area contributed by atoms with Crippen molar-refractivity contribution in [1.29, 1.82) is 5.41 Å². The van der Waals surface area contributed by atoms with Gasteiger partial charge in [-0.15, -0.1) is 0 Å². The number of nitrogens with two attached hydrogens (primary N) is 4. The molecule has 0 fully saturated rings. The number of carbonyl (C=O) groups excluding carboxylic acids is 1. The summed E-state index contributed by atoms with van der Waals surface area (Å²) in [7, 11) is 0. The minimum Gasteiger partial charge on any atom is -0.464 e. The lowest BCUT2D eigenvalue weighted by Gasteiger charge is -2.06. The summed E-state index contributed by atoms with van der Waals surface area (Å²) >= 11 is 0. The predicted octanol–water partition coefficient (Wildman–Crippen LogP) is -1.20. The molecule has 0 rings (SSSR count). The van der Waals surface area contributed by atoms with Crippen molar-refractivity contribution in [3.05, 3.63) is 0 Å². The fourth-order valence-corrected chi connectivity index (χ4v) is 0.278. The highest BCUT2D eigenvalue weighted by molar-refractivity contribution is 5.71. The predicted molar refractivity (Wildman–Crippen MR) is 61.9 cm³/mol. The average molecular weight is 252 g/mol. The Hall–Kier alpha value is -2.23. The van der Waals surface area contributed by atoms with E-state index in [1.165, 1.54) is 0 Å². The molecule has 0 aliphatic heterocycles. The van der Waals surface area contributed by atoms with E-state index in [1.807, 2.05) is 0 Å². The first-order valence-electron chi connectivity index (χ1n) is 4.45. The summed E-state index contributed by atoms with van der Waals surface area (Å²) in [5.74, 6) is 4.52. The second kappa shape index (κ2) is 13.8. The highest BCUT2D eigenvalue weighted by Gasteiger charge is 1.98. The van der Waals surface area contributed by atoms with Gasteiger partial charge in [0.25, 0.3) is 0 Å². The lowest BCUT2D eigenvalue weighted by molar-refractivity contribution is 0.148. The van der Waals surface area contributed by atoms with E-state index in [0.717, 1.165) is 0 Å². The highest BCUT2D eigenvalue weighted by atomic mass is 16.5. The molecular formula is C7H20N6O4. The van der Waals surface area contributed by atoms with Gasteiger partial charge in [-0.05, 0) is 13.8 Å². The van der Waals surface area contributed by atoms with Gasteiger partial charge in [-0.2, -0.15) is 0 Å². The maximum absolute atomic E-state index is 9.73. The summed E-state index contributed by atoms with van der Waals surface area (Å²) in [5.41, 5.74) is 13.5. The van der Waals surface area contributed by atoms with E-state index in [-0.39, 0.29) is 5.96 Å². The van der Waals surface area contributed by atoms with Crippen LogP contribution in [-0.4, -0.2) is 41.4 Å². The molecule has 10 heteroatoms. The minimum absolute atomic E-state index is 0.329. The normalized spacial score (nSPS) is 7.47. The van der Waals surface area contributed by atoms with Crippen LogP contribution in [0.1, 0.15) is 13.8 Å². The summed E-state index contributed by atoms with van der Waals surface area (Å²) in [4.78, 5) is 19.3. The van der Waals surface area contributed by atoms with Crippen LogP contribution in [0.25, 0.3) is 0 Å². The lowest BCUT2D eigenvalue weighted by Crippen LogP contribution is -2.35. The third kappa shape index (κ3) is 41.6. The second-order valence-electron chi connectivity index (χ2n) is 2.28. The molecule has 0 unspecified atom stereocenters. The van der Waals surface area contributed by atoms with E-state index >= 15 is 0 Å². The summed E-state index contributed by atoms with van der Waals surface area (Å²) in [5, 5.41) is 14.7. The Morgan fingerprint density at radius 1 is 1.29 bits per heavy atom. The van der Waals surface area contributed by atoms with Crippen molar-refractivity contribution >= 4 is 18.1 Å². The van der Waals surface area contributed by atoms with E-state index in [4.69, 9.17) is 16.4 Å². The van der Waals surface area contributed by atoms with Crippen molar-refractivity contribution in [3.8, 4) is 0 Å². The molecule has 0 aromatic rings. The smallest absolute Gasteiger partial charge is 0.421 e. The van der Waals surface area contributed by atoms with Gasteiger partial charge >= 0.3 is 12.2 Å². The largest absolute Gasteiger partial charge is 0.464 e. The van der Waals surface area contributed by atoms with Crippen LogP contribution >= 0.6 is 0 Å². The zero-order valence-electron chi connectivity index (χ0n) is 9.84. The Kier molecular flexibility index (Phi) is 16.4. The molecule has 0 aromatic carbocycles. The zero-order valence-corrected chi connectivity index (χ0v) is 9.84.